The number of pyridine rings is 1. The number of aromatic nitrogens is 2. The number of likely N-dealkylation sites (tertiary alicyclic amines) is 1. The molecular formula is C14H17N3O3. The Morgan fingerprint density at radius 3 is 2.80 bits per heavy atom. The van der Waals surface area contributed by atoms with Gasteiger partial charge in [-0.3, -0.25) is 9.30 Å². The number of methoxy groups -OCH3 is 1. The first kappa shape index (κ1) is 12.9. The molecule has 0 unspecified atom stereocenters. The number of nitrogens with zero attached hydrogens (tertiary/aromatic N) is 3. The Hall–Kier alpha value is -2.08. The first-order valence-corrected chi connectivity index (χ1v) is 6.69. The molecule has 0 spiro atoms. The summed E-state index contributed by atoms with van der Waals surface area (Å²) in [6.45, 7) is 2.75. The molecule has 1 aliphatic rings. The van der Waals surface area contributed by atoms with Gasteiger partial charge in [-0.05, 0) is 38.1 Å². The van der Waals surface area contributed by atoms with Gasteiger partial charge in [-0.15, -0.1) is 0 Å². The molecule has 0 aliphatic carbocycles. The SMILES string of the molecule is COc1ccc2c(C(=O)O)nc(CN3CCCC3)n2c1. The van der Waals surface area contributed by atoms with Gasteiger partial charge in [0.1, 0.15) is 11.6 Å². The Morgan fingerprint density at radius 2 is 2.15 bits per heavy atom. The maximum absolute atomic E-state index is 11.3. The van der Waals surface area contributed by atoms with Crippen LogP contribution in [0, 0.1) is 0 Å². The van der Waals surface area contributed by atoms with E-state index in [1.54, 1.807) is 25.4 Å². The van der Waals surface area contributed by atoms with Crippen molar-refractivity contribution >= 4 is 11.5 Å². The summed E-state index contributed by atoms with van der Waals surface area (Å²) < 4.78 is 7.03. The molecular weight excluding hydrogens is 258 g/mol. The van der Waals surface area contributed by atoms with E-state index in [1.807, 2.05) is 4.40 Å². The molecule has 20 heavy (non-hydrogen) atoms. The molecule has 0 amide bonds. The van der Waals surface area contributed by atoms with Crippen molar-refractivity contribution in [2.24, 2.45) is 0 Å². The number of ether oxygens (including phenoxy) is 1. The van der Waals surface area contributed by atoms with Crippen molar-refractivity contribution in [3.63, 3.8) is 0 Å². The van der Waals surface area contributed by atoms with E-state index < -0.39 is 5.97 Å². The van der Waals surface area contributed by atoms with Crippen LogP contribution in [-0.4, -0.2) is 45.6 Å². The summed E-state index contributed by atoms with van der Waals surface area (Å²) in [4.78, 5) is 17.9. The summed E-state index contributed by atoms with van der Waals surface area (Å²) in [5.74, 6) is 0.438. The number of fused-ring (bicyclic) bond motifs is 1. The highest BCUT2D eigenvalue weighted by atomic mass is 16.5. The fourth-order valence-corrected chi connectivity index (χ4v) is 2.66. The molecule has 1 N–H and O–H groups in total. The van der Waals surface area contributed by atoms with Gasteiger partial charge in [-0.2, -0.15) is 0 Å². The van der Waals surface area contributed by atoms with Gasteiger partial charge in [0.15, 0.2) is 5.69 Å². The maximum Gasteiger partial charge on any atom is 0.356 e. The van der Waals surface area contributed by atoms with Gasteiger partial charge >= 0.3 is 5.97 Å². The van der Waals surface area contributed by atoms with E-state index >= 15 is 0 Å². The average Bonchev–Trinajstić information content (AvgIpc) is 3.07. The predicted molar refractivity (Wildman–Crippen MR) is 73.2 cm³/mol. The second kappa shape index (κ2) is 5.13. The molecule has 0 saturated carbocycles. The van der Waals surface area contributed by atoms with Gasteiger partial charge in [0.05, 0.1) is 25.4 Å². The van der Waals surface area contributed by atoms with Crippen LogP contribution >= 0.6 is 0 Å². The van der Waals surface area contributed by atoms with E-state index in [2.05, 4.69) is 9.88 Å². The summed E-state index contributed by atoms with van der Waals surface area (Å²) in [6, 6.07) is 3.49. The van der Waals surface area contributed by atoms with E-state index in [0.29, 0.717) is 17.8 Å². The molecule has 0 radical (unpaired) electrons. The van der Waals surface area contributed by atoms with Gasteiger partial charge in [0.25, 0.3) is 0 Å². The van der Waals surface area contributed by atoms with Crippen molar-refractivity contribution in [2.75, 3.05) is 20.2 Å². The van der Waals surface area contributed by atoms with Crippen molar-refractivity contribution in [1.82, 2.24) is 14.3 Å². The first-order valence-electron chi connectivity index (χ1n) is 6.69. The Kier molecular flexibility index (Phi) is 3.31. The van der Waals surface area contributed by atoms with Crippen LogP contribution < -0.4 is 4.74 Å². The third-order valence-electron chi connectivity index (χ3n) is 3.68. The van der Waals surface area contributed by atoms with E-state index in [4.69, 9.17) is 4.74 Å². The molecule has 6 heteroatoms. The highest BCUT2D eigenvalue weighted by Gasteiger charge is 2.20. The Labute approximate surface area is 116 Å². The van der Waals surface area contributed by atoms with E-state index in [0.717, 1.165) is 18.9 Å². The predicted octanol–water partition coefficient (Wildman–Crippen LogP) is 1.64. The van der Waals surface area contributed by atoms with E-state index in [-0.39, 0.29) is 5.69 Å². The second-order valence-corrected chi connectivity index (χ2v) is 4.99. The fourth-order valence-electron chi connectivity index (χ4n) is 2.66. The van der Waals surface area contributed by atoms with Crippen LogP contribution in [-0.2, 0) is 6.54 Å². The minimum Gasteiger partial charge on any atom is -0.495 e. The molecule has 3 rings (SSSR count). The summed E-state index contributed by atoms with van der Waals surface area (Å²) in [5.41, 5.74) is 0.703. The Morgan fingerprint density at radius 1 is 1.40 bits per heavy atom. The molecule has 2 aromatic rings. The van der Waals surface area contributed by atoms with Crippen LogP contribution in [0.3, 0.4) is 0 Å². The zero-order chi connectivity index (χ0) is 14.1. The topological polar surface area (TPSA) is 67.1 Å². The third kappa shape index (κ3) is 2.22. The molecule has 1 aliphatic heterocycles. The molecule has 2 aromatic heterocycles. The summed E-state index contributed by atoms with van der Waals surface area (Å²) in [6.07, 6.45) is 4.18. The van der Waals surface area contributed by atoms with Gasteiger partial charge in [-0.1, -0.05) is 0 Å². The van der Waals surface area contributed by atoms with Crippen molar-refractivity contribution in [2.45, 2.75) is 19.4 Å². The summed E-state index contributed by atoms with van der Waals surface area (Å²) in [7, 11) is 1.59. The normalized spacial score (nSPS) is 15.8. The number of hydrogen-bond acceptors (Lipinski definition) is 4. The number of carbonyl (C=O) groups is 1. The minimum absolute atomic E-state index is 0.0989. The zero-order valence-electron chi connectivity index (χ0n) is 11.4. The molecule has 0 atom stereocenters. The first-order chi connectivity index (χ1) is 9.69. The lowest BCUT2D eigenvalue weighted by Gasteiger charge is -2.13. The highest BCUT2D eigenvalue weighted by molar-refractivity contribution is 5.93. The standard InChI is InChI=1S/C14H17N3O3/c1-20-10-4-5-11-13(14(18)19)15-12(17(11)8-10)9-16-6-2-3-7-16/h4-5,8H,2-3,6-7,9H2,1H3,(H,18,19). The van der Waals surface area contributed by atoms with E-state index in [1.165, 1.54) is 12.8 Å². The Balaban J connectivity index is 2.06. The van der Waals surface area contributed by atoms with Crippen molar-refractivity contribution in [3.8, 4) is 5.75 Å². The lowest BCUT2D eigenvalue weighted by atomic mass is 10.3. The van der Waals surface area contributed by atoms with Crippen molar-refractivity contribution in [3.05, 3.63) is 29.8 Å². The van der Waals surface area contributed by atoms with Gasteiger partial charge < -0.3 is 9.84 Å². The van der Waals surface area contributed by atoms with Crippen LogP contribution in [0.15, 0.2) is 18.3 Å². The number of imidazole rings is 1. The minimum atomic E-state index is -1.000. The average molecular weight is 275 g/mol. The number of aromatic carboxylic acids is 1. The van der Waals surface area contributed by atoms with Crippen molar-refractivity contribution < 1.29 is 14.6 Å². The van der Waals surface area contributed by atoms with E-state index in [9.17, 15) is 9.90 Å². The Bertz CT molecular complexity index is 644. The lowest BCUT2D eigenvalue weighted by Crippen LogP contribution is -2.20. The molecule has 1 fully saturated rings. The zero-order valence-corrected chi connectivity index (χ0v) is 11.4. The van der Waals surface area contributed by atoms with Crippen LogP contribution in [0.4, 0.5) is 0 Å². The quantitative estimate of drug-likeness (QED) is 0.918. The number of carboxylic acid groups (broad SMARTS) is 1. The lowest BCUT2D eigenvalue weighted by molar-refractivity contribution is 0.0693. The molecule has 3 heterocycles. The van der Waals surface area contributed by atoms with Crippen LogP contribution in [0.5, 0.6) is 5.75 Å². The van der Waals surface area contributed by atoms with Crippen LogP contribution in [0.2, 0.25) is 0 Å². The summed E-state index contributed by atoms with van der Waals surface area (Å²) in [5, 5.41) is 9.26. The second-order valence-electron chi connectivity index (χ2n) is 4.99. The van der Waals surface area contributed by atoms with Gasteiger partial charge in [0, 0.05) is 0 Å². The third-order valence-corrected chi connectivity index (χ3v) is 3.68. The molecule has 106 valence electrons. The molecule has 6 nitrogen and oxygen atoms in total. The van der Waals surface area contributed by atoms with Crippen molar-refractivity contribution in [1.29, 1.82) is 0 Å². The van der Waals surface area contributed by atoms with Crippen LogP contribution in [0.25, 0.3) is 5.52 Å². The van der Waals surface area contributed by atoms with Gasteiger partial charge in [-0.25, -0.2) is 9.78 Å². The largest absolute Gasteiger partial charge is 0.495 e. The van der Waals surface area contributed by atoms with Crippen LogP contribution in [0.1, 0.15) is 29.2 Å². The molecule has 0 aromatic carbocycles. The molecule has 0 bridgehead atoms. The highest BCUT2D eigenvalue weighted by Crippen LogP contribution is 2.20. The number of carboxylic acids is 1. The smallest absolute Gasteiger partial charge is 0.356 e. The summed E-state index contributed by atoms with van der Waals surface area (Å²) >= 11 is 0. The number of hydrogen-bond donors (Lipinski definition) is 1. The number of rotatable bonds is 4. The van der Waals surface area contributed by atoms with Gasteiger partial charge in [0.2, 0.25) is 0 Å². The monoisotopic (exact) mass is 275 g/mol. The maximum atomic E-state index is 11.3. The molecule has 1 saturated heterocycles. The fraction of sp³-hybridized carbons (Fsp3) is 0.429.